The van der Waals surface area contributed by atoms with Gasteiger partial charge in [0.25, 0.3) is 0 Å². The van der Waals surface area contributed by atoms with Gasteiger partial charge in [0.1, 0.15) is 5.75 Å². The smallest absolute Gasteiger partial charge is 0.198 e. The van der Waals surface area contributed by atoms with Gasteiger partial charge in [0.2, 0.25) is 0 Å². The van der Waals surface area contributed by atoms with Gasteiger partial charge in [-0.1, -0.05) is 17.7 Å². The Balaban J connectivity index is 1.83. The van der Waals surface area contributed by atoms with Crippen molar-refractivity contribution in [2.75, 3.05) is 0 Å². The highest BCUT2D eigenvalue weighted by molar-refractivity contribution is 6.31. The van der Waals surface area contributed by atoms with E-state index in [0.717, 1.165) is 11.1 Å². The largest absolute Gasteiger partial charge is 0.507 e. The van der Waals surface area contributed by atoms with E-state index in [1.165, 1.54) is 24.4 Å². The molecule has 0 amide bonds. The standard InChI is InChI=1S/C19H13ClN4O2/c1-11-14-8-12(18(26)15-9-13(20)5-6-16(15)25)10-22-19(14)24(23-11)17-4-2-3-7-21-17/h2-10,25H,1H3. The summed E-state index contributed by atoms with van der Waals surface area (Å²) < 4.78 is 1.63. The summed E-state index contributed by atoms with van der Waals surface area (Å²) in [4.78, 5) is 21.4. The first-order chi connectivity index (χ1) is 12.5. The SMILES string of the molecule is Cc1nn(-c2ccccn2)c2ncc(C(=O)c3cc(Cl)ccc3O)cc12. The molecule has 0 unspecified atom stereocenters. The number of halogens is 1. The van der Waals surface area contributed by atoms with Gasteiger partial charge in [0, 0.05) is 28.4 Å². The zero-order valence-corrected chi connectivity index (χ0v) is 14.5. The lowest BCUT2D eigenvalue weighted by Gasteiger charge is -2.05. The molecule has 0 aliphatic carbocycles. The number of carbonyl (C=O) groups excluding carboxylic acids is 1. The zero-order chi connectivity index (χ0) is 18.3. The molecule has 128 valence electrons. The van der Waals surface area contributed by atoms with E-state index in [2.05, 4.69) is 15.1 Å². The summed E-state index contributed by atoms with van der Waals surface area (Å²) in [6, 6.07) is 11.6. The summed E-state index contributed by atoms with van der Waals surface area (Å²) in [6.07, 6.45) is 3.14. The second-order valence-corrected chi connectivity index (χ2v) is 6.21. The zero-order valence-electron chi connectivity index (χ0n) is 13.7. The fourth-order valence-corrected chi connectivity index (χ4v) is 2.92. The molecule has 26 heavy (non-hydrogen) atoms. The Morgan fingerprint density at radius 2 is 2.00 bits per heavy atom. The van der Waals surface area contributed by atoms with Crippen molar-refractivity contribution in [1.82, 2.24) is 19.7 Å². The number of hydrogen-bond acceptors (Lipinski definition) is 5. The molecule has 0 saturated carbocycles. The highest BCUT2D eigenvalue weighted by atomic mass is 35.5. The maximum atomic E-state index is 12.8. The van der Waals surface area contributed by atoms with Gasteiger partial charge in [-0.05, 0) is 43.3 Å². The van der Waals surface area contributed by atoms with Crippen LogP contribution in [-0.2, 0) is 0 Å². The number of aromatic hydroxyl groups is 1. The summed E-state index contributed by atoms with van der Waals surface area (Å²) >= 11 is 5.94. The molecule has 1 aromatic carbocycles. The number of benzene rings is 1. The Morgan fingerprint density at radius 3 is 2.77 bits per heavy atom. The number of fused-ring (bicyclic) bond motifs is 1. The number of nitrogens with zero attached hydrogens (tertiary/aromatic N) is 4. The van der Waals surface area contributed by atoms with Gasteiger partial charge < -0.3 is 5.11 Å². The maximum absolute atomic E-state index is 12.8. The van der Waals surface area contributed by atoms with Crippen molar-refractivity contribution in [3.05, 3.63) is 76.7 Å². The number of hydrogen-bond donors (Lipinski definition) is 1. The van der Waals surface area contributed by atoms with Crippen LogP contribution in [0.4, 0.5) is 0 Å². The molecule has 4 aromatic rings. The molecule has 0 aliphatic heterocycles. The first kappa shape index (κ1) is 16.2. The Bertz CT molecular complexity index is 1140. The summed E-state index contributed by atoms with van der Waals surface area (Å²) in [5, 5.41) is 15.6. The number of pyridine rings is 2. The molecule has 7 heteroatoms. The molecular weight excluding hydrogens is 352 g/mol. The van der Waals surface area contributed by atoms with Crippen molar-refractivity contribution in [1.29, 1.82) is 0 Å². The number of phenols is 1. The van der Waals surface area contributed by atoms with E-state index in [-0.39, 0.29) is 17.1 Å². The summed E-state index contributed by atoms with van der Waals surface area (Å²) in [6.45, 7) is 1.84. The third kappa shape index (κ3) is 2.70. The van der Waals surface area contributed by atoms with E-state index in [4.69, 9.17) is 11.6 Å². The lowest BCUT2D eigenvalue weighted by Crippen LogP contribution is -2.04. The molecule has 0 aliphatic rings. The first-order valence-corrected chi connectivity index (χ1v) is 8.22. The molecule has 0 bridgehead atoms. The van der Waals surface area contributed by atoms with Crippen LogP contribution in [0.3, 0.4) is 0 Å². The minimum absolute atomic E-state index is 0.125. The number of rotatable bonds is 3. The number of carbonyl (C=O) groups is 1. The van der Waals surface area contributed by atoms with Crippen molar-refractivity contribution in [2.24, 2.45) is 0 Å². The molecule has 1 N–H and O–H groups in total. The van der Waals surface area contributed by atoms with E-state index in [0.29, 0.717) is 22.1 Å². The highest BCUT2D eigenvalue weighted by Crippen LogP contribution is 2.26. The van der Waals surface area contributed by atoms with E-state index < -0.39 is 0 Å². The summed E-state index contributed by atoms with van der Waals surface area (Å²) in [5.41, 5.74) is 1.81. The lowest BCUT2D eigenvalue weighted by molar-refractivity contribution is 0.103. The fraction of sp³-hybridized carbons (Fsp3) is 0.0526. The topological polar surface area (TPSA) is 80.9 Å². The predicted molar refractivity (Wildman–Crippen MR) is 97.9 cm³/mol. The number of phenolic OH excluding ortho intramolecular Hbond substituents is 1. The third-order valence-electron chi connectivity index (χ3n) is 4.04. The van der Waals surface area contributed by atoms with Gasteiger partial charge in [-0.15, -0.1) is 0 Å². The normalized spacial score (nSPS) is 11.0. The van der Waals surface area contributed by atoms with Crippen LogP contribution >= 0.6 is 11.6 Å². The molecule has 3 heterocycles. The third-order valence-corrected chi connectivity index (χ3v) is 4.27. The number of ketones is 1. The molecule has 0 saturated heterocycles. The average Bonchev–Trinajstić information content (AvgIpc) is 3.00. The molecule has 3 aromatic heterocycles. The van der Waals surface area contributed by atoms with Crippen LogP contribution in [-0.4, -0.2) is 30.6 Å². The van der Waals surface area contributed by atoms with E-state index in [9.17, 15) is 9.90 Å². The summed E-state index contributed by atoms with van der Waals surface area (Å²) in [7, 11) is 0. The molecule has 0 radical (unpaired) electrons. The van der Waals surface area contributed by atoms with Crippen molar-refractivity contribution >= 4 is 28.4 Å². The molecule has 6 nitrogen and oxygen atoms in total. The number of aromatic nitrogens is 4. The van der Waals surface area contributed by atoms with Gasteiger partial charge in [-0.2, -0.15) is 9.78 Å². The quantitative estimate of drug-likeness (QED) is 0.560. The van der Waals surface area contributed by atoms with Crippen molar-refractivity contribution in [3.63, 3.8) is 0 Å². The Labute approximate surface area is 153 Å². The van der Waals surface area contributed by atoms with Gasteiger partial charge in [-0.25, -0.2) is 9.97 Å². The molecule has 0 fully saturated rings. The van der Waals surface area contributed by atoms with Crippen LogP contribution in [0.2, 0.25) is 5.02 Å². The first-order valence-electron chi connectivity index (χ1n) is 7.84. The molecule has 0 atom stereocenters. The van der Waals surface area contributed by atoms with Crippen molar-refractivity contribution in [3.8, 4) is 11.6 Å². The van der Waals surface area contributed by atoms with E-state index in [1.54, 1.807) is 16.9 Å². The Hall–Kier alpha value is -3.25. The maximum Gasteiger partial charge on any atom is 0.198 e. The van der Waals surface area contributed by atoms with Gasteiger partial charge >= 0.3 is 0 Å². The van der Waals surface area contributed by atoms with Crippen LogP contribution < -0.4 is 0 Å². The van der Waals surface area contributed by atoms with Crippen LogP contribution in [0.1, 0.15) is 21.6 Å². The minimum Gasteiger partial charge on any atom is -0.507 e. The second-order valence-electron chi connectivity index (χ2n) is 5.77. The monoisotopic (exact) mass is 364 g/mol. The van der Waals surface area contributed by atoms with Crippen LogP contribution in [0.15, 0.2) is 54.9 Å². The Morgan fingerprint density at radius 1 is 1.15 bits per heavy atom. The van der Waals surface area contributed by atoms with E-state index >= 15 is 0 Å². The Kier molecular flexibility index (Phi) is 3.89. The van der Waals surface area contributed by atoms with E-state index in [1.807, 2.05) is 25.1 Å². The average molecular weight is 365 g/mol. The van der Waals surface area contributed by atoms with Gasteiger partial charge in [0.15, 0.2) is 17.2 Å². The van der Waals surface area contributed by atoms with Gasteiger partial charge in [-0.3, -0.25) is 4.79 Å². The van der Waals surface area contributed by atoms with Crippen LogP contribution in [0.5, 0.6) is 5.75 Å². The summed E-state index contributed by atoms with van der Waals surface area (Å²) in [5.74, 6) is 0.162. The molecular formula is C19H13ClN4O2. The van der Waals surface area contributed by atoms with Crippen molar-refractivity contribution < 1.29 is 9.90 Å². The molecule has 4 rings (SSSR count). The van der Waals surface area contributed by atoms with Crippen molar-refractivity contribution in [2.45, 2.75) is 6.92 Å². The van der Waals surface area contributed by atoms with Gasteiger partial charge in [0.05, 0.1) is 11.3 Å². The fourth-order valence-electron chi connectivity index (χ4n) is 2.75. The number of aryl methyl sites for hydroxylation is 1. The lowest BCUT2D eigenvalue weighted by atomic mass is 10.0. The second kappa shape index (κ2) is 6.24. The van der Waals surface area contributed by atoms with Crippen LogP contribution in [0, 0.1) is 6.92 Å². The van der Waals surface area contributed by atoms with Crippen LogP contribution in [0.25, 0.3) is 16.9 Å². The highest BCUT2D eigenvalue weighted by Gasteiger charge is 2.18. The minimum atomic E-state index is -0.357. The predicted octanol–water partition coefficient (Wildman–Crippen LogP) is 3.71. The molecule has 0 spiro atoms.